The quantitative estimate of drug-likeness (QED) is 0.627. The van der Waals surface area contributed by atoms with Gasteiger partial charge in [0, 0.05) is 42.3 Å². The van der Waals surface area contributed by atoms with Gasteiger partial charge in [-0.3, -0.25) is 0 Å². The van der Waals surface area contributed by atoms with Gasteiger partial charge in [-0.15, -0.1) is 0 Å². The molecule has 146 valence electrons. The molecule has 0 N–H and O–H groups in total. The number of fused-ring (bicyclic) bond motifs is 1. The number of sulfonamides is 1. The van der Waals surface area contributed by atoms with E-state index in [4.69, 9.17) is 11.6 Å². The number of hydrogen-bond acceptors (Lipinski definition) is 3. The van der Waals surface area contributed by atoms with Crippen molar-refractivity contribution in [2.45, 2.75) is 18.7 Å². The summed E-state index contributed by atoms with van der Waals surface area (Å²) in [6, 6.07) is 17.0. The predicted octanol–water partition coefficient (Wildman–Crippen LogP) is 4.62. The minimum atomic E-state index is -3.61. The van der Waals surface area contributed by atoms with E-state index in [2.05, 4.69) is 36.9 Å². The van der Waals surface area contributed by atoms with E-state index in [0.717, 1.165) is 5.39 Å². The lowest BCUT2D eigenvalue weighted by atomic mass is 10.1. The summed E-state index contributed by atoms with van der Waals surface area (Å²) < 4.78 is 28.3. The highest BCUT2D eigenvalue weighted by atomic mass is 35.5. The monoisotopic (exact) mass is 414 g/mol. The third-order valence-electron chi connectivity index (χ3n) is 5.59. The average molecular weight is 415 g/mol. The van der Waals surface area contributed by atoms with Gasteiger partial charge >= 0.3 is 0 Å². The summed E-state index contributed by atoms with van der Waals surface area (Å²) in [5, 5.41) is 1.90. The SMILES string of the molecule is Cc1cccc(N2CCN(S(=O)(=O)c3cccc4cccc(Cl)c34)CC2)c1C. The Morgan fingerprint density at radius 1 is 0.857 bits per heavy atom. The first-order valence-electron chi connectivity index (χ1n) is 9.38. The van der Waals surface area contributed by atoms with Crippen LogP contribution in [0.5, 0.6) is 0 Å². The first-order chi connectivity index (χ1) is 13.4. The van der Waals surface area contributed by atoms with Gasteiger partial charge in [-0.25, -0.2) is 8.42 Å². The first-order valence-corrected chi connectivity index (χ1v) is 11.2. The predicted molar refractivity (Wildman–Crippen MR) is 116 cm³/mol. The normalized spacial score (nSPS) is 15.9. The molecule has 1 fully saturated rings. The molecule has 0 aromatic heterocycles. The van der Waals surface area contributed by atoms with Crippen LogP contribution in [0.4, 0.5) is 5.69 Å². The van der Waals surface area contributed by atoms with E-state index in [0.29, 0.717) is 36.6 Å². The van der Waals surface area contributed by atoms with Gasteiger partial charge in [0.15, 0.2) is 0 Å². The molecular weight excluding hydrogens is 392 g/mol. The molecule has 0 atom stereocenters. The third kappa shape index (κ3) is 3.28. The van der Waals surface area contributed by atoms with Gasteiger partial charge in [-0.1, -0.05) is 48.0 Å². The van der Waals surface area contributed by atoms with Crippen LogP contribution in [-0.2, 0) is 10.0 Å². The van der Waals surface area contributed by atoms with Crippen molar-refractivity contribution >= 4 is 38.1 Å². The number of halogens is 1. The van der Waals surface area contributed by atoms with E-state index >= 15 is 0 Å². The number of anilines is 1. The lowest BCUT2D eigenvalue weighted by Crippen LogP contribution is -2.48. The molecular formula is C22H23ClN2O2S. The molecule has 0 unspecified atom stereocenters. The number of hydrogen-bond donors (Lipinski definition) is 0. The standard InChI is InChI=1S/C22H23ClN2O2S/c1-16-6-3-10-20(17(16)2)24-12-14-25(15-13-24)28(26,27)21-11-5-8-18-7-4-9-19(23)22(18)21/h3-11H,12-15H2,1-2H3. The largest absolute Gasteiger partial charge is 0.369 e. The topological polar surface area (TPSA) is 40.6 Å². The Morgan fingerprint density at radius 3 is 2.21 bits per heavy atom. The van der Waals surface area contributed by atoms with Crippen LogP contribution in [-0.4, -0.2) is 38.9 Å². The van der Waals surface area contributed by atoms with Crippen molar-refractivity contribution in [2.24, 2.45) is 0 Å². The van der Waals surface area contributed by atoms with Crippen molar-refractivity contribution in [1.82, 2.24) is 4.31 Å². The summed E-state index contributed by atoms with van der Waals surface area (Å²) in [5.74, 6) is 0. The van der Waals surface area contributed by atoms with Crippen molar-refractivity contribution in [1.29, 1.82) is 0 Å². The van der Waals surface area contributed by atoms with Crippen LogP contribution in [0.3, 0.4) is 0 Å². The van der Waals surface area contributed by atoms with Gasteiger partial charge in [-0.05, 0) is 48.6 Å². The van der Waals surface area contributed by atoms with Crippen molar-refractivity contribution < 1.29 is 8.42 Å². The Kier molecular flexibility index (Phi) is 5.08. The van der Waals surface area contributed by atoms with Crippen LogP contribution >= 0.6 is 11.6 Å². The van der Waals surface area contributed by atoms with Gasteiger partial charge < -0.3 is 4.90 Å². The number of piperazine rings is 1. The van der Waals surface area contributed by atoms with Crippen LogP contribution < -0.4 is 4.90 Å². The first kappa shape index (κ1) is 19.2. The molecule has 28 heavy (non-hydrogen) atoms. The third-order valence-corrected chi connectivity index (χ3v) is 7.84. The summed E-state index contributed by atoms with van der Waals surface area (Å²) in [6.45, 7) is 6.47. The lowest BCUT2D eigenvalue weighted by molar-refractivity contribution is 0.385. The van der Waals surface area contributed by atoms with Crippen LogP contribution in [0.1, 0.15) is 11.1 Å². The highest BCUT2D eigenvalue weighted by molar-refractivity contribution is 7.89. The van der Waals surface area contributed by atoms with Crippen LogP contribution in [0.15, 0.2) is 59.5 Å². The molecule has 3 aromatic carbocycles. The minimum absolute atomic E-state index is 0.288. The van der Waals surface area contributed by atoms with Crippen LogP contribution in [0, 0.1) is 13.8 Å². The molecule has 0 radical (unpaired) electrons. The fourth-order valence-electron chi connectivity index (χ4n) is 3.86. The van der Waals surface area contributed by atoms with E-state index < -0.39 is 10.0 Å². The van der Waals surface area contributed by atoms with Gasteiger partial charge in [0.1, 0.15) is 0 Å². The molecule has 1 aliphatic heterocycles. The smallest absolute Gasteiger partial charge is 0.243 e. The Labute approximate surface area is 171 Å². The average Bonchev–Trinajstić information content (AvgIpc) is 2.70. The highest BCUT2D eigenvalue weighted by Crippen LogP contribution is 2.32. The van der Waals surface area contributed by atoms with Gasteiger partial charge in [-0.2, -0.15) is 4.31 Å². The van der Waals surface area contributed by atoms with E-state index in [1.165, 1.54) is 16.8 Å². The molecule has 3 aromatic rings. The number of benzene rings is 3. The molecule has 4 nitrogen and oxygen atoms in total. The Hall–Kier alpha value is -2.08. The van der Waals surface area contributed by atoms with E-state index in [9.17, 15) is 8.42 Å². The fourth-order valence-corrected chi connectivity index (χ4v) is 5.86. The molecule has 0 aliphatic carbocycles. The van der Waals surface area contributed by atoms with Gasteiger partial charge in [0.2, 0.25) is 10.0 Å². The number of aryl methyl sites for hydroxylation is 1. The summed E-state index contributed by atoms with van der Waals surface area (Å²) in [4.78, 5) is 2.56. The summed E-state index contributed by atoms with van der Waals surface area (Å²) in [7, 11) is -3.61. The molecule has 4 rings (SSSR count). The van der Waals surface area contributed by atoms with Crippen molar-refractivity contribution in [3.8, 4) is 0 Å². The summed E-state index contributed by atoms with van der Waals surface area (Å²) in [6.07, 6.45) is 0. The van der Waals surface area contributed by atoms with E-state index in [1.807, 2.05) is 18.2 Å². The molecule has 0 bridgehead atoms. The number of rotatable bonds is 3. The molecule has 0 amide bonds. The maximum absolute atomic E-state index is 13.4. The zero-order valence-corrected chi connectivity index (χ0v) is 17.6. The fraction of sp³-hybridized carbons (Fsp3) is 0.273. The Bertz CT molecular complexity index is 1130. The zero-order valence-electron chi connectivity index (χ0n) is 16.0. The Morgan fingerprint density at radius 2 is 1.50 bits per heavy atom. The molecule has 1 saturated heterocycles. The van der Waals surface area contributed by atoms with Crippen molar-refractivity contribution in [3.63, 3.8) is 0 Å². The van der Waals surface area contributed by atoms with E-state index in [-0.39, 0.29) is 4.90 Å². The molecule has 0 spiro atoms. The second-order valence-electron chi connectivity index (χ2n) is 7.20. The highest BCUT2D eigenvalue weighted by Gasteiger charge is 2.30. The lowest BCUT2D eigenvalue weighted by Gasteiger charge is -2.36. The van der Waals surface area contributed by atoms with Gasteiger partial charge in [0.25, 0.3) is 0 Å². The minimum Gasteiger partial charge on any atom is -0.369 e. The zero-order chi connectivity index (χ0) is 19.9. The maximum atomic E-state index is 13.4. The molecule has 1 heterocycles. The second kappa shape index (κ2) is 7.39. The number of nitrogens with zero attached hydrogens (tertiary/aromatic N) is 2. The summed E-state index contributed by atoms with van der Waals surface area (Å²) in [5.41, 5.74) is 3.68. The molecule has 1 aliphatic rings. The maximum Gasteiger partial charge on any atom is 0.243 e. The molecule has 0 saturated carbocycles. The summed E-state index contributed by atoms with van der Waals surface area (Å²) >= 11 is 6.35. The molecule has 6 heteroatoms. The van der Waals surface area contributed by atoms with Gasteiger partial charge in [0.05, 0.1) is 4.90 Å². The van der Waals surface area contributed by atoms with Crippen molar-refractivity contribution in [2.75, 3.05) is 31.1 Å². The van der Waals surface area contributed by atoms with Crippen LogP contribution in [0.25, 0.3) is 10.8 Å². The van der Waals surface area contributed by atoms with Crippen LogP contribution in [0.2, 0.25) is 5.02 Å². The van der Waals surface area contributed by atoms with Crippen molar-refractivity contribution in [3.05, 3.63) is 70.7 Å². The Balaban J connectivity index is 1.62. The second-order valence-corrected chi connectivity index (χ2v) is 9.52. The van der Waals surface area contributed by atoms with E-state index in [1.54, 1.807) is 22.5 Å².